The van der Waals surface area contributed by atoms with Gasteiger partial charge >= 0.3 is 0 Å². The van der Waals surface area contributed by atoms with E-state index in [0.717, 1.165) is 16.9 Å². The van der Waals surface area contributed by atoms with E-state index < -0.39 is 11.5 Å². The van der Waals surface area contributed by atoms with Crippen LogP contribution in [0.15, 0.2) is 59.6 Å². The average molecular weight is 388 g/mol. The van der Waals surface area contributed by atoms with E-state index >= 15 is 0 Å². The van der Waals surface area contributed by atoms with Crippen molar-refractivity contribution in [2.24, 2.45) is 4.99 Å². The molecule has 6 nitrogen and oxygen atoms in total. The summed E-state index contributed by atoms with van der Waals surface area (Å²) in [5.41, 5.74) is 1.44. The number of halogens is 2. The summed E-state index contributed by atoms with van der Waals surface area (Å²) >= 11 is 0. The highest BCUT2D eigenvalue weighted by Gasteiger charge is 2.41. The number of aromatic amines is 1. The third kappa shape index (κ3) is 3.27. The number of hydrogen-bond donors (Lipinski definition) is 4. The van der Waals surface area contributed by atoms with Gasteiger partial charge in [0.1, 0.15) is 24.1 Å². The number of aliphatic hydroxyl groups is 1. The highest BCUT2D eigenvalue weighted by Crippen LogP contribution is 2.42. The minimum Gasteiger partial charge on any atom is -0.388 e. The van der Waals surface area contributed by atoms with Crippen molar-refractivity contribution in [1.29, 1.82) is 0 Å². The first-order valence-corrected chi connectivity index (χ1v) is 8.24. The first-order valence-electron chi connectivity index (χ1n) is 8.24. The molecule has 0 spiro atoms. The largest absolute Gasteiger partial charge is 0.388 e. The lowest BCUT2D eigenvalue weighted by Crippen LogP contribution is -2.42. The van der Waals surface area contributed by atoms with E-state index in [2.05, 4.69) is 25.8 Å². The zero-order valence-corrected chi connectivity index (χ0v) is 15.3. The van der Waals surface area contributed by atoms with Gasteiger partial charge in [0.25, 0.3) is 0 Å². The molecule has 4 N–H and O–H groups in total. The number of rotatable bonds is 4. The van der Waals surface area contributed by atoms with Gasteiger partial charge in [-0.25, -0.2) is 9.38 Å². The average Bonchev–Trinajstić information content (AvgIpc) is 3.06. The third-order valence-corrected chi connectivity index (χ3v) is 4.33. The Kier molecular flexibility index (Phi) is 5.16. The number of hydrogen-bond acceptors (Lipinski definition) is 5. The van der Waals surface area contributed by atoms with Crippen LogP contribution in [0.3, 0.4) is 0 Å². The molecule has 1 aromatic heterocycles. The molecule has 3 aromatic rings. The Balaban J connectivity index is 0.00000210. The topological polar surface area (TPSA) is 85.3 Å². The molecule has 1 aliphatic rings. The molecular formula is C19H19ClFN5O. The molecule has 0 radical (unpaired) electrons. The van der Waals surface area contributed by atoms with Crippen LogP contribution < -0.4 is 10.6 Å². The lowest BCUT2D eigenvalue weighted by atomic mass is 9.88. The zero-order chi connectivity index (χ0) is 18.1. The number of fused-ring (bicyclic) bond motifs is 1. The third-order valence-electron chi connectivity index (χ3n) is 4.33. The maximum atomic E-state index is 14.8. The fraction of sp³-hybridized carbons (Fsp3) is 0.158. The Morgan fingerprint density at radius 2 is 1.81 bits per heavy atom. The van der Waals surface area contributed by atoms with Crippen molar-refractivity contribution in [2.45, 2.75) is 12.6 Å². The predicted molar refractivity (Wildman–Crippen MR) is 106 cm³/mol. The Labute approximate surface area is 162 Å². The summed E-state index contributed by atoms with van der Waals surface area (Å²) in [5.74, 6) is 0.472. The van der Waals surface area contributed by atoms with Gasteiger partial charge in [-0.2, -0.15) is 5.10 Å². The molecule has 8 heteroatoms. The highest BCUT2D eigenvalue weighted by molar-refractivity contribution is 6.00. The second-order valence-electron chi connectivity index (χ2n) is 6.14. The smallest absolute Gasteiger partial charge is 0.189 e. The summed E-state index contributed by atoms with van der Waals surface area (Å²) in [4.78, 5) is 4.66. The van der Waals surface area contributed by atoms with Crippen LogP contribution in [0.2, 0.25) is 0 Å². The summed E-state index contributed by atoms with van der Waals surface area (Å²) in [6.45, 7) is 1.58. The lowest BCUT2D eigenvalue weighted by Gasteiger charge is -2.37. The van der Waals surface area contributed by atoms with E-state index in [9.17, 15) is 9.50 Å². The molecule has 4 rings (SSSR count). The van der Waals surface area contributed by atoms with Crippen LogP contribution in [0.5, 0.6) is 0 Å². The number of aliphatic imine (C=N–C) groups is 1. The highest BCUT2D eigenvalue weighted by atomic mass is 35.5. The van der Waals surface area contributed by atoms with Gasteiger partial charge in [0.15, 0.2) is 5.66 Å². The Bertz CT molecular complexity index is 989. The molecule has 0 fully saturated rings. The van der Waals surface area contributed by atoms with E-state index in [4.69, 9.17) is 0 Å². The van der Waals surface area contributed by atoms with Crippen molar-refractivity contribution < 1.29 is 9.50 Å². The first-order chi connectivity index (χ1) is 12.6. The summed E-state index contributed by atoms with van der Waals surface area (Å²) in [6, 6.07) is 15.8. The van der Waals surface area contributed by atoms with Crippen LogP contribution >= 0.6 is 12.4 Å². The molecule has 140 valence electrons. The van der Waals surface area contributed by atoms with Crippen LogP contribution in [0.4, 0.5) is 15.9 Å². The standard InChI is InChI=1S/C19H18FN5O.ClH/c1-12-10-17(25-24-12)22-19(13-6-2-4-8-15(13)20)14-7-3-5-9-16(14)21-18(11-26)23-19;/h2-10,26H,11H2,1H3,(H,21,23)(H2,22,24,25);1H. The van der Waals surface area contributed by atoms with Crippen LogP contribution in [-0.2, 0) is 5.66 Å². The zero-order valence-electron chi connectivity index (χ0n) is 14.5. The molecule has 1 atom stereocenters. The maximum Gasteiger partial charge on any atom is 0.189 e. The van der Waals surface area contributed by atoms with Crippen molar-refractivity contribution in [2.75, 3.05) is 17.2 Å². The first kappa shape index (κ1) is 18.9. The van der Waals surface area contributed by atoms with Crippen molar-refractivity contribution in [3.8, 4) is 0 Å². The molecule has 0 saturated heterocycles. The van der Waals surface area contributed by atoms with Gasteiger partial charge in [-0.05, 0) is 19.1 Å². The van der Waals surface area contributed by atoms with Gasteiger partial charge < -0.3 is 15.7 Å². The number of aryl methyl sites for hydroxylation is 1. The Morgan fingerprint density at radius 1 is 1.11 bits per heavy atom. The number of amidine groups is 1. The fourth-order valence-electron chi connectivity index (χ4n) is 3.22. The normalized spacial score (nSPS) is 18.0. The number of H-pyrrole nitrogens is 1. The fourth-order valence-corrected chi connectivity index (χ4v) is 3.22. The number of para-hydroxylation sites is 1. The number of anilines is 2. The summed E-state index contributed by atoms with van der Waals surface area (Å²) in [6.07, 6.45) is 0. The molecule has 1 aliphatic heterocycles. The summed E-state index contributed by atoms with van der Waals surface area (Å²) in [5, 5.41) is 23.2. The molecule has 27 heavy (non-hydrogen) atoms. The van der Waals surface area contributed by atoms with Crippen LogP contribution in [0, 0.1) is 12.7 Å². The van der Waals surface area contributed by atoms with E-state index in [1.54, 1.807) is 18.2 Å². The van der Waals surface area contributed by atoms with E-state index in [0.29, 0.717) is 17.2 Å². The molecule has 0 saturated carbocycles. The molecule has 2 heterocycles. The van der Waals surface area contributed by atoms with Gasteiger partial charge in [0.2, 0.25) is 0 Å². The van der Waals surface area contributed by atoms with Crippen LogP contribution in [0.25, 0.3) is 0 Å². The predicted octanol–water partition coefficient (Wildman–Crippen LogP) is 3.41. The number of aromatic nitrogens is 2. The summed E-state index contributed by atoms with van der Waals surface area (Å²) < 4.78 is 14.8. The minimum absolute atomic E-state index is 0. The van der Waals surface area contributed by atoms with Gasteiger partial charge in [-0.1, -0.05) is 36.4 Å². The second-order valence-corrected chi connectivity index (χ2v) is 6.14. The van der Waals surface area contributed by atoms with Crippen molar-refractivity contribution in [1.82, 2.24) is 10.2 Å². The van der Waals surface area contributed by atoms with Gasteiger partial charge in [0, 0.05) is 28.6 Å². The second kappa shape index (κ2) is 7.38. The maximum absolute atomic E-state index is 14.8. The van der Waals surface area contributed by atoms with E-state index in [-0.39, 0.29) is 19.0 Å². The minimum atomic E-state index is -1.26. The van der Waals surface area contributed by atoms with Crippen LogP contribution in [-0.4, -0.2) is 27.7 Å². The molecule has 0 aliphatic carbocycles. The SMILES string of the molecule is Cc1cc(NC2(c3ccccc3F)N=C(CO)Nc3ccccc32)n[nH]1.Cl. The Hall–Kier alpha value is -2.90. The van der Waals surface area contributed by atoms with Gasteiger partial charge in [-0.3, -0.25) is 5.10 Å². The van der Waals surface area contributed by atoms with Crippen molar-refractivity contribution in [3.05, 3.63) is 77.2 Å². The number of nitrogens with one attached hydrogen (secondary N) is 3. The molecule has 2 aromatic carbocycles. The van der Waals surface area contributed by atoms with Crippen LogP contribution in [0.1, 0.15) is 16.8 Å². The monoisotopic (exact) mass is 387 g/mol. The molecular weight excluding hydrogens is 369 g/mol. The number of nitrogens with zero attached hydrogens (tertiary/aromatic N) is 2. The number of benzene rings is 2. The van der Waals surface area contributed by atoms with Crippen molar-refractivity contribution in [3.63, 3.8) is 0 Å². The molecule has 0 amide bonds. The lowest BCUT2D eigenvalue weighted by molar-refractivity contribution is 0.354. The number of aliphatic hydroxyl groups excluding tert-OH is 1. The van der Waals surface area contributed by atoms with Crippen molar-refractivity contribution >= 4 is 29.7 Å². The van der Waals surface area contributed by atoms with E-state index in [1.807, 2.05) is 37.3 Å². The summed E-state index contributed by atoms with van der Waals surface area (Å²) in [7, 11) is 0. The van der Waals surface area contributed by atoms with Gasteiger partial charge in [-0.15, -0.1) is 12.4 Å². The van der Waals surface area contributed by atoms with E-state index in [1.165, 1.54) is 6.07 Å². The molecule has 1 unspecified atom stereocenters. The molecule has 0 bridgehead atoms. The Morgan fingerprint density at radius 3 is 2.48 bits per heavy atom. The quantitative estimate of drug-likeness (QED) is 0.552. The van der Waals surface area contributed by atoms with Gasteiger partial charge in [0.05, 0.1) is 0 Å².